The molecule has 2 aromatic carbocycles. The number of rotatable bonds is 2. The number of carbonyl (C=O) groups is 1. The zero-order chi connectivity index (χ0) is 13.9. The number of halogens is 1. The zero-order valence-electron chi connectivity index (χ0n) is 10.4. The van der Waals surface area contributed by atoms with Crippen molar-refractivity contribution in [2.24, 2.45) is 0 Å². The van der Waals surface area contributed by atoms with E-state index in [4.69, 9.17) is 11.6 Å². The molecule has 3 rings (SSSR count). The molecular formula is C14H11ClN4O. The molecule has 0 unspecified atom stereocenters. The first kappa shape index (κ1) is 12.5. The molecule has 1 heterocycles. The Morgan fingerprint density at radius 3 is 2.55 bits per heavy atom. The lowest BCUT2D eigenvalue weighted by molar-refractivity contribution is 0.262. The average Bonchev–Trinajstić information content (AvgIpc) is 2.89. The summed E-state index contributed by atoms with van der Waals surface area (Å²) in [5.41, 5.74) is 3.09. The predicted octanol–water partition coefficient (Wildman–Crippen LogP) is 3.86. The molecule has 0 saturated carbocycles. The van der Waals surface area contributed by atoms with Gasteiger partial charge in [0, 0.05) is 16.4 Å². The van der Waals surface area contributed by atoms with E-state index in [1.807, 2.05) is 12.1 Å². The first-order chi connectivity index (χ1) is 9.70. The van der Waals surface area contributed by atoms with Crippen molar-refractivity contribution in [2.45, 2.75) is 0 Å². The Labute approximate surface area is 120 Å². The number of nitrogens with zero attached hydrogens (tertiary/aromatic N) is 1. The number of aromatic amines is 1. The van der Waals surface area contributed by atoms with Crippen molar-refractivity contribution >= 4 is 40.0 Å². The number of hydrogen-bond acceptors (Lipinski definition) is 2. The van der Waals surface area contributed by atoms with Crippen molar-refractivity contribution in [3.8, 4) is 0 Å². The monoisotopic (exact) mass is 286 g/mol. The van der Waals surface area contributed by atoms with Crippen LogP contribution in [0.5, 0.6) is 0 Å². The second-order valence-corrected chi connectivity index (χ2v) is 4.66. The maximum atomic E-state index is 11.9. The van der Waals surface area contributed by atoms with Crippen molar-refractivity contribution < 1.29 is 4.79 Å². The molecule has 3 aromatic rings. The van der Waals surface area contributed by atoms with E-state index in [9.17, 15) is 4.79 Å². The summed E-state index contributed by atoms with van der Waals surface area (Å²) in [5.74, 6) is 0. The summed E-state index contributed by atoms with van der Waals surface area (Å²) in [6.07, 6.45) is 1.61. The van der Waals surface area contributed by atoms with Crippen molar-refractivity contribution in [3.63, 3.8) is 0 Å². The Kier molecular flexibility index (Phi) is 3.26. The van der Waals surface area contributed by atoms with Gasteiger partial charge < -0.3 is 15.6 Å². The molecule has 20 heavy (non-hydrogen) atoms. The van der Waals surface area contributed by atoms with Gasteiger partial charge in [-0.3, -0.25) is 0 Å². The molecule has 5 nitrogen and oxygen atoms in total. The summed E-state index contributed by atoms with van der Waals surface area (Å²) >= 11 is 5.78. The van der Waals surface area contributed by atoms with Gasteiger partial charge in [-0.25, -0.2) is 9.78 Å². The van der Waals surface area contributed by atoms with E-state index in [0.29, 0.717) is 16.4 Å². The van der Waals surface area contributed by atoms with Gasteiger partial charge in [0.15, 0.2) is 0 Å². The smallest absolute Gasteiger partial charge is 0.323 e. The minimum Gasteiger partial charge on any atom is -0.345 e. The first-order valence-corrected chi connectivity index (χ1v) is 6.35. The number of anilines is 2. The van der Waals surface area contributed by atoms with E-state index >= 15 is 0 Å². The third-order valence-electron chi connectivity index (χ3n) is 2.78. The van der Waals surface area contributed by atoms with Gasteiger partial charge in [0.05, 0.1) is 17.4 Å². The van der Waals surface area contributed by atoms with E-state index in [1.165, 1.54) is 0 Å². The highest BCUT2D eigenvalue weighted by atomic mass is 35.5. The minimum atomic E-state index is -0.314. The van der Waals surface area contributed by atoms with E-state index in [0.717, 1.165) is 11.0 Å². The lowest BCUT2D eigenvalue weighted by Crippen LogP contribution is -2.19. The third-order valence-corrected chi connectivity index (χ3v) is 3.03. The SMILES string of the molecule is O=C(Nc1ccc(Cl)cc1)Nc1ccc2nc[nH]c2c1. The van der Waals surface area contributed by atoms with Gasteiger partial charge in [0.25, 0.3) is 0 Å². The number of carbonyl (C=O) groups excluding carboxylic acids is 1. The van der Waals surface area contributed by atoms with Crippen LogP contribution in [0.1, 0.15) is 0 Å². The quantitative estimate of drug-likeness (QED) is 0.669. The van der Waals surface area contributed by atoms with Crippen molar-refractivity contribution in [1.82, 2.24) is 9.97 Å². The molecule has 0 atom stereocenters. The molecule has 0 aliphatic carbocycles. The van der Waals surface area contributed by atoms with Gasteiger partial charge in [-0.05, 0) is 42.5 Å². The van der Waals surface area contributed by atoms with Crippen LogP contribution >= 0.6 is 11.6 Å². The molecule has 3 N–H and O–H groups in total. The maximum absolute atomic E-state index is 11.9. The number of hydrogen-bond donors (Lipinski definition) is 3. The Hall–Kier alpha value is -2.53. The van der Waals surface area contributed by atoms with Gasteiger partial charge >= 0.3 is 6.03 Å². The van der Waals surface area contributed by atoms with Crippen LogP contribution in [-0.4, -0.2) is 16.0 Å². The van der Waals surface area contributed by atoms with E-state index in [1.54, 1.807) is 36.7 Å². The molecule has 0 saturated heterocycles. The second-order valence-electron chi connectivity index (χ2n) is 4.22. The van der Waals surface area contributed by atoms with Gasteiger partial charge in [-0.1, -0.05) is 11.6 Å². The highest BCUT2D eigenvalue weighted by Gasteiger charge is 2.04. The minimum absolute atomic E-state index is 0.314. The summed E-state index contributed by atoms with van der Waals surface area (Å²) in [5, 5.41) is 6.11. The van der Waals surface area contributed by atoms with Crippen LogP contribution in [0.25, 0.3) is 11.0 Å². The van der Waals surface area contributed by atoms with Crippen LogP contribution in [0.2, 0.25) is 5.02 Å². The number of benzene rings is 2. The number of imidazole rings is 1. The van der Waals surface area contributed by atoms with E-state index in [-0.39, 0.29) is 6.03 Å². The summed E-state index contributed by atoms with van der Waals surface area (Å²) < 4.78 is 0. The zero-order valence-corrected chi connectivity index (χ0v) is 11.1. The van der Waals surface area contributed by atoms with Crippen molar-refractivity contribution in [1.29, 1.82) is 0 Å². The van der Waals surface area contributed by atoms with Gasteiger partial charge in [0.2, 0.25) is 0 Å². The average molecular weight is 287 g/mol. The fourth-order valence-electron chi connectivity index (χ4n) is 1.84. The molecule has 1 aromatic heterocycles. The Morgan fingerprint density at radius 2 is 1.75 bits per heavy atom. The van der Waals surface area contributed by atoms with Gasteiger partial charge in [-0.2, -0.15) is 0 Å². The number of urea groups is 1. The van der Waals surface area contributed by atoms with Crippen molar-refractivity contribution in [2.75, 3.05) is 10.6 Å². The number of amides is 2. The normalized spacial score (nSPS) is 10.4. The molecule has 2 amide bonds. The predicted molar refractivity (Wildman–Crippen MR) is 80.2 cm³/mol. The van der Waals surface area contributed by atoms with Crippen LogP contribution in [0, 0.1) is 0 Å². The number of fused-ring (bicyclic) bond motifs is 1. The number of aromatic nitrogens is 2. The van der Waals surface area contributed by atoms with Crippen LogP contribution < -0.4 is 10.6 Å². The molecule has 0 fully saturated rings. The number of H-pyrrole nitrogens is 1. The van der Waals surface area contributed by atoms with Crippen LogP contribution in [0.3, 0.4) is 0 Å². The van der Waals surface area contributed by atoms with Crippen molar-refractivity contribution in [3.05, 3.63) is 53.8 Å². The highest BCUT2D eigenvalue weighted by molar-refractivity contribution is 6.30. The van der Waals surface area contributed by atoms with E-state index < -0.39 is 0 Å². The number of nitrogens with one attached hydrogen (secondary N) is 3. The summed E-state index contributed by atoms with van der Waals surface area (Å²) in [7, 11) is 0. The largest absolute Gasteiger partial charge is 0.345 e. The molecule has 6 heteroatoms. The second kappa shape index (κ2) is 5.22. The lowest BCUT2D eigenvalue weighted by Gasteiger charge is -2.07. The topological polar surface area (TPSA) is 69.8 Å². The Balaban J connectivity index is 1.70. The molecule has 0 radical (unpaired) electrons. The van der Waals surface area contributed by atoms with Crippen LogP contribution in [0.15, 0.2) is 48.8 Å². The third kappa shape index (κ3) is 2.73. The summed E-state index contributed by atoms with van der Waals surface area (Å²) in [6.45, 7) is 0. The first-order valence-electron chi connectivity index (χ1n) is 5.97. The molecule has 0 bridgehead atoms. The van der Waals surface area contributed by atoms with Gasteiger partial charge in [-0.15, -0.1) is 0 Å². The van der Waals surface area contributed by atoms with E-state index in [2.05, 4.69) is 20.6 Å². The Morgan fingerprint density at radius 1 is 1.05 bits per heavy atom. The molecule has 0 aliphatic rings. The fourth-order valence-corrected chi connectivity index (χ4v) is 1.97. The summed E-state index contributed by atoms with van der Waals surface area (Å²) in [6, 6.07) is 12.0. The molecule has 0 spiro atoms. The maximum Gasteiger partial charge on any atom is 0.323 e. The highest BCUT2D eigenvalue weighted by Crippen LogP contribution is 2.17. The summed E-state index contributed by atoms with van der Waals surface area (Å²) in [4.78, 5) is 19.0. The Bertz CT molecular complexity index is 751. The van der Waals surface area contributed by atoms with Crippen LogP contribution in [-0.2, 0) is 0 Å². The lowest BCUT2D eigenvalue weighted by atomic mass is 10.3. The molecule has 0 aliphatic heterocycles. The molecule has 100 valence electrons. The standard InChI is InChI=1S/C14H11ClN4O/c15-9-1-3-10(4-2-9)18-14(20)19-11-5-6-12-13(7-11)17-8-16-12/h1-8H,(H,16,17)(H2,18,19,20). The van der Waals surface area contributed by atoms with Crippen LogP contribution in [0.4, 0.5) is 16.2 Å². The fraction of sp³-hybridized carbons (Fsp3) is 0. The molecular weight excluding hydrogens is 276 g/mol. The van der Waals surface area contributed by atoms with Gasteiger partial charge in [0.1, 0.15) is 0 Å².